The number of halogens is 1. The quantitative estimate of drug-likeness (QED) is 0.906. The number of nitrogens with two attached hydrogens (primary N) is 1. The standard InChI is InChI=1S/C11H12FN3O3S/c1-7(13)10-14-15-11(18-10)19(16,17)6-8-2-4-9(12)5-3-8/h2-5,7H,6,13H2,1H3. The molecule has 8 heteroatoms. The summed E-state index contributed by atoms with van der Waals surface area (Å²) < 4.78 is 41.7. The van der Waals surface area contributed by atoms with Gasteiger partial charge in [0.05, 0.1) is 11.8 Å². The van der Waals surface area contributed by atoms with Crippen LogP contribution in [-0.2, 0) is 15.6 Å². The smallest absolute Gasteiger partial charge is 0.335 e. The van der Waals surface area contributed by atoms with Crippen molar-refractivity contribution in [3.63, 3.8) is 0 Å². The highest BCUT2D eigenvalue weighted by molar-refractivity contribution is 7.90. The summed E-state index contributed by atoms with van der Waals surface area (Å²) in [5.74, 6) is -0.718. The number of hydrogen-bond donors (Lipinski definition) is 1. The second kappa shape index (κ2) is 5.06. The molecule has 2 rings (SSSR count). The number of aromatic nitrogens is 2. The predicted octanol–water partition coefficient (Wildman–Crippen LogP) is 1.20. The first-order chi connectivity index (χ1) is 8.88. The molecule has 1 heterocycles. The fraction of sp³-hybridized carbons (Fsp3) is 0.273. The molecule has 2 N–H and O–H groups in total. The van der Waals surface area contributed by atoms with E-state index in [1.807, 2.05) is 0 Å². The third-order valence-electron chi connectivity index (χ3n) is 2.35. The molecule has 102 valence electrons. The van der Waals surface area contributed by atoms with Crippen LogP contribution in [-0.4, -0.2) is 18.6 Å². The second-order valence-corrected chi connectivity index (χ2v) is 5.95. The van der Waals surface area contributed by atoms with Crippen LogP contribution in [0.2, 0.25) is 0 Å². The maximum Gasteiger partial charge on any atom is 0.335 e. The maximum absolute atomic E-state index is 12.7. The summed E-state index contributed by atoms with van der Waals surface area (Å²) in [5, 5.41) is 6.54. The molecule has 2 aromatic rings. The maximum atomic E-state index is 12.7. The van der Waals surface area contributed by atoms with Gasteiger partial charge in [0.25, 0.3) is 0 Å². The van der Waals surface area contributed by atoms with Gasteiger partial charge < -0.3 is 10.2 Å². The minimum absolute atomic E-state index is 0.0534. The van der Waals surface area contributed by atoms with Crippen molar-refractivity contribution in [2.45, 2.75) is 23.9 Å². The first kappa shape index (κ1) is 13.6. The fourth-order valence-corrected chi connectivity index (χ4v) is 2.52. The third-order valence-corrected chi connectivity index (χ3v) is 3.76. The summed E-state index contributed by atoms with van der Waals surface area (Å²) in [7, 11) is -3.76. The Labute approximate surface area is 109 Å². The average molecular weight is 285 g/mol. The third kappa shape index (κ3) is 3.15. The molecule has 0 aliphatic carbocycles. The normalized spacial score (nSPS) is 13.4. The van der Waals surface area contributed by atoms with Gasteiger partial charge in [-0.25, -0.2) is 12.8 Å². The Kier molecular flexibility index (Phi) is 3.63. The number of nitrogens with zero attached hydrogens (tertiary/aromatic N) is 2. The molecule has 6 nitrogen and oxygen atoms in total. The molecule has 0 aliphatic heterocycles. The molecule has 1 atom stereocenters. The first-order valence-corrected chi connectivity index (χ1v) is 7.10. The van der Waals surface area contributed by atoms with E-state index in [0.717, 1.165) is 0 Å². The second-order valence-electron chi connectivity index (χ2n) is 4.08. The minimum Gasteiger partial charge on any atom is -0.411 e. The SMILES string of the molecule is CC(N)c1nnc(S(=O)(=O)Cc2ccc(F)cc2)o1. The van der Waals surface area contributed by atoms with E-state index in [2.05, 4.69) is 10.2 Å². The molecule has 19 heavy (non-hydrogen) atoms. The molecule has 1 aromatic heterocycles. The topological polar surface area (TPSA) is 99.1 Å². The van der Waals surface area contributed by atoms with Crippen molar-refractivity contribution in [1.82, 2.24) is 10.2 Å². The van der Waals surface area contributed by atoms with Crippen LogP contribution in [0.25, 0.3) is 0 Å². The van der Waals surface area contributed by atoms with E-state index in [-0.39, 0.29) is 11.6 Å². The molecular formula is C11H12FN3O3S. The van der Waals surface area contributed by atoms with E-state index < -0.39 is 26.9 Å². The number of rotatable bonds is 4. The van der Waals surface area contributed by atoms with Gasteiger partial charge in [-0.3, -0.25) is 0 Å². The number of benzene rings is 1. The molecule has 0 fully saturated rings. The van der Waals surface area contributed by atoms with Crippen molar-refractivity contribution in [2.75, 3.05) is 0 Å². The summed E-state index contributed by atoms with van der Waals surface area (Å²) >= 11 is 0. The molecule has 0 radical (unpaired) electrons. The highest BCUT2D eigenvalue weighted by Gasteiger charge is 2.23. The lowest BCUT2D eigenvalue weighted by molar-refractivity contribution is 0.380. The van der Waals surface area contributed by atoms with Gasteiger partial charge in [-0.15, -0.1) is 5.10 Å². The van der Waals surface area contributed by atoms with Crippen molar-refractivity contribution in [3.8, 4) is 0 Å². The fourth-order valence-electron chi connectivity index (χ4n) is 1.39. The summed E-state index contributed by atoms with van der Waals surface area (Å²) in [5.41, 5.74) is 5.94. The van der Waals surface area contributed by atoms with Crippen LogP contribution >= 0.6 is 0 Å². The molecule has 0 bridgehead atoms. The van der Waals surface area contributed by atoms with Crippen LogP contribution in [0.4, 0.5) is 4.39 Å². The first-order valence-electron chi connectivity index (χ1n) is 5.44. The van der Waals surface area contributed by atoms with Gasteiger partial charge in [-0.05, 0) is 24.6 Å². The van der Waals surface area contributed by atoms with E-state index >= 15 is 0 Å². The Bertz CT molecular complexity index is 665. The monoisotopic (exact) mass is 285 g/mol. The highest BCUT2D eigenvalue weighted by atomic mass is 32.2. The van der Waals surface area contributed by atoms with Gasteiger partial charge in [-0.2, -0.15) is 0 Å². The van der Waals surface area contributed by atoms with E-state index in [9.17, 15) is 12.8 Å². The van der Waals surface area contributed by atoms with Gasteiger partial charge in [-0.1, -0.05) is 17.2 Å². The van der Waals surface area contributed by atoms with Crippen LogP contribution in [0.3, 0.4) is 0 Å². The van der Waals surface area contributed by atoms with Gasteiger partial charge in [0, 0.05) is 0 Å². The molecule has 0 saturated carbocycles. The lowest BCUT2D eigenvalue weighted by Crippen LogP contribution is -2.06. The van der Waals surface area contributed by atoms with E-state index in [4.69, 9.17) is 10.2 Å². The van der Waals surface area contributed by atoms with Gasteiger partial charge in [0.2, 0.25) is 15.7 Å². The minimum atomic E-state index is -3.76. The molecule has 0 saturated heterocycles. The Balaban J connectivity index is 2.24. The molecule has 0 spiro atoms. The average Bonchev–Trinajstić information content (AvgIpc) is 2.82. The van der Waals surface area contributed by atoms with Crippen molar-refractivity contribution in [3.05, 3.63) is 41.5 Å². The molecule has 0 amide bonds. The molecular weight excluding hydrogens is 273 g/mol. The zero-order valence-electron chi connectivity index (χ0n) is 10.1. The van der Waals surface area contributed by atoms with E-state index in [1.54, 1.807) is 6.92 Å². The van der Waals surface area contributed by atoms with Crippen molar-refractivity contribution in [1.29, 1.82) is 0 Å². The lowest BCUT2D eigenvalue weighted by Gasteiger charge is -2.00. The van der Waals surface area contributed by atoms with Crippen molar-refractivity contribution >= 4 is 9.84 Å². The zero-order chi connectivity index (χ0) is 14.0. The number of sulfone groups is 1. The molecule has 0 aliphatic rings. The van der Waals surface area contributed by atoms with Gasteiger partial charge >= 0.3 is 5.22 Å². The van der Waals surface area contributed by atoms with Crippen molar-refractivity contribution in [2.24, 2.45) is 5.73 Å². The lowest BCUT2D eigenvalue weighted by atomic mass is 10.2. The Morgan fingerprint density at radius 1 is 1.32 bits per heavy atom. The van der Waals surface area contributed by atoms with Crippen LogP contribution in [0.1, 0.15) is 24.4 Å². The van der Waals surface area contributed by atoms with Crippen LogP contribution in [0.15, 0.2) is 33.9 Å². The highest BCUT2D eigenvalue weighted by Crippen LogP contribution is 2.17. The van der Waals surface area contributed by atoms with Gasteiger partial charge in [0.15, 0.2) is 0 Å². The molecule has 1 unspecified atom stereocenters. The predicted molar refractivity (Wildman–Crippen MR) is 64.2 cm³/mol. The van der Waals surface area contributed by atoms with Crippen LogP contribution < -0.4 is 5.73 Å². The summed E-state index contributed by atoms with van der Waals surface area (Å²) in [6.07, 6.45) is 0. The zero-order valence-corrected chi connectivity index (χ0v) is 10.9. The Hall–Kier alpha value is -1.80. The van der Waals surface area contributed by atoms with E-state index in [1.165, 1.54) is 24.3 Å². The number of hydrogen-bond acceptors (Lipinski definition) is 6. The summed E-state index contributed by atoms with van der Waals surface area (Å²) in [6, 6.07) is 4.60. The summed E-state index contributed by atoms with van der Waals surface area (Å²) in [4.78, 5) is 0. The Morgan fingerprint density at radius 3 is 2.47 bits per heavy atom. The van der Waals surface area contributed by atoms with Gasteiger partial charge in [0.1, 0.15) is 5.82 Å². The van der Waals surface area contributed by atoms with Crippen LogP contribution in [0.5, 0.6) is 0 Å². The Morgan fingerprint density at radius 2 is 1.95 bits per heavy atom. The molecule has 1 aromatic carbocycles. The van der Waals surface area contributed by atoms with E-state index in [0.29, 0.717) is 5.56 Å². The van der Waals surface area contributed by atoms with Crippen LogP contribution in [0, 0.1) is 5.82 Å². The van der Waals surface area contributed by atoms with Crippen molar-refractivity contribution < 1.29 is 17.2 Å². The largest absolute Gasteiger partial charge is 0.411 e. The summed E-state index contributed by atoms with van der Waals surface area (Å²) in [6.45, 7) is 1.60.